The SMILES string of the molecule is CC.COC(=O)C(C)(CCOCC(O)C#CSI)c1cccc(C)c1. The van der Waals surface area contributed by atoms with Gasteiger partial charge in [-0.2, -0.15) is 0 Å². The van der Waals surface area contributed by atoms with E-state index in [4.69, 9.17) is 9.47 Å². The van der Waals surface area contributed by atoms with Crippen LogP contribution in [0.3, 0.4) is 0 Å². The zero-order valence-corrected chi connectivity index (χ0v) is 18.4. The molecule has 140 valence electrons. The summed E-state index contributed by atoms with van der Waals surface area (Å²) in [6, 6.07) is 7.81. The number of aliphatic hydroxyl groups excluding tert-OH is 1. The molecule has 0 spiro atoms. The fraction of sp³-hybridized carbons (Fsp3) is 0.526. The molecule has 0 saturated carbocycles. The number of methoxy groups -OCH3 is 1. The Labute approximate surface area is 167 Å². The van der Waals surface area contributed by atoms with E-state index in [-0.39, 0.29) is 12.6 Å². The van der Waals surface area contributed by atoms with Gasteiger partial charge in [-0.15, -0.1) is 0 Å². The molecule has 1 rings (SSSR count). The van der Waals surface area contributed by atoms with E-state index in [1.54, 1.807) is 0 Å². The maximum absolute atomic E-state index is 12.3. The molecule has 0 bridgehead atoms. The lowest BCUT2D eigenvalue weighted by Crippen LogP contribution is -2.35. The molecule has 1 aromatic carbocycles. The van der Waals surface area contributed by atoms with Crippen LogP contribution in [0.5, 0.6) is 0 Å². The van der Waals surface area contributed by atoms with Gasteiger partial charge in [-0.1, -0.05) is 49.6 Å². The molecule has 4 nitrogen and oxygen atoms in total. The van der Waals surface area contributed by atoms with E-state index in [1.165, 1.54) is 16.0 Å². The Morgan fingerprint density at radius 1 is 1.44 bits per heavy atom. The van der Waals surface area contributed by atoms with Crippen molar-refractivity contribution >= 4 is 36.1 Å². The Morgan fingerprint density at radius 3 is 2.68 bits per heavy atom. The van der Waals surface area contributed by atoms with E-state index in [0.29, 0.717) is 13.0 Å². The third-order valence-corrected chi connectivity index (χ3v) is 4.43. The second kappa shape index (κ2) is 13.5. The first-order valence-corrected chi connectivity index (χ1v) is 11.5. The first kappa shape index (κ1) is 24.2. The van der Waals surface area contributed by atoms with E-state index >= 15 is 0 Å². The number of carbonyl (C=O) groups excluding carboxylic acids is 1. The number of hydrogen-bond acceptors (Lipinski definition) is 5. The van der Waals surface area contributed by atoms with Gasteiger partial charge in [0.1, 0.15) is 6.10 Å². The van der Waals surface area contributed by atoms with E-state index in [2.05, 4.69) is 11.2 Å². The molecule has 2 unspecified atom stereocenters. The van der Waals surface area contributed by atoms with Crippen molar-refractivity contribution in [2.24, 2.45) is 0 Å². The minimum atomic E-state index is -0.819. The fourth-order valence-electron chi connectivity index (χ4n) is 2.18. The topological polar surface area (TPSA) is 55.8 Å². The number of esters is 1. The molecule has 0 heterocycles. The maximum Gasteiger partial charge on any atom is 0.316 e. The predicted molar refractivity (Wildman–Crippen MR) is 113 cm³/mol. The van der Waals surface area contributed by atoms with Crippen LogP contribution < -0.4 is 0 Å². The summed E-state index contributed by atoms with van der Waals surface area (Å²) in [5.74, 6) is 2.35. The molecule has 0 saturated heterocycles. The first-order valence-electron chi connectivity index (χ1n) is 8.13. The van der Waals surface area contributed by atoms with E-state index in [1.807, 2.05) is 73.2 Å². The highest BCUT2D eigenvalue weighted by Gasteiger charge is 2.36. The normalized spacial score (nSPS) is 13.4. The number of rotatable bonds is 7. The average molecular weight is 478 g/mol. The fourth-order valence-corrected chi connectivity index (χ4v) is 2.74. The molecular weight excluding hydrogens is 451 g/mol. The molecule has 1 aromatic rings. The van der Waals surface area contributed by atoms with Crippen molar-refractivity contribution in [2.75, 3.05) is 20.3 Å². The van der Waals surface area contributed by atoms with Crippen molar-refractivity contribution in [1.82, 2.24) is 0 Å². The van der Waals surface area contributed by atoms with Crippen LogP contribution in [-0.4, -0.2) is 37.5 Å². The Morgan fingerprint density at radius 2 is 2.12 bits per heavy atom. The number of benzene rings is 1. The summed E-state index contributed by atoms with van der Waals surface area (Å²) in [6.45, 7) is 8.28. The molecule has 0 aliphatic rings. The predicted octanol–water partition coefficient (Wildman–Crippen LogP) is 4.26. The third-order valence-electron chi connectivity index (χ3n) is 3.58. The summed E-state index contributed by atoms with van der Waals surface area (Å²) in [6.07, 6.45) is -0.356. The summed E-state index contributed by atoms with van der Waals surface area (Å²) in [4.78, 5) is 12.3. The van der Waals surface area contributed by atoms with Crippen LogP contribution in [0.25, 0.3) is 0 Å². The number of aliphatic hydroxyl groups is 1. The summed E-state index contributed by atoms with van der Waals surface area (Å²) < 4.78 is 10.4. The number of aryl methyl sites for hydroxylation is 1. The third kappa shape index (κ3) is 8.45. The lowest BCUT2D eigenvalue weighted by atomic mass is 9.79. The van der Waals surface area contributed by atoms with Gasteiger partial charge in [0.05, 0.1) is 19.1 Å². The van der Waals surface area contributed by atoms with Gasteiger partial charge in [-0.05, 0) is 40.0 Å². The summed E-state index contributed by atoms with van der Waals surface area (Å²) in [5.41, 5.74) is 1.20. The monoisotopic (exact) mass is 478 g/mol. The van der Waals surface area contributed by atoms with Crippen LogP contribution in [0.2, 0.25) is 0 Å². The Balaban J connectivity index is 0.00000277. The standard InChI is InChI=1S/C17H21IO4S.C2H6/c1-13-5-4-6-14(11-13)17(2,16(20)21-3)8-9-22-12-15(19)7-10-23-18;1-2/h4-6,11,15,19H,8-9,12H2,1-3H3;1-2H3. The highest BCUT2D eigenvalue weighted by Crippen LogP contribution is 2.30. The van der Waals surface area contributed by atoms with E-state index in [9.17, 15) is 9.90 Å². The average Bonchev–Trinajstić information content (AvgIpc) is 2.64. The zero-order valence-electron chi connectivity index (χ0n) is 15.5. The Hall–Kier alpha value is -0.750. The number of carbonyl (C=O) groups is 1. The lowest BCUT2D eigenvalue weighted by Gasteiger charge is -2.27. The molecule has 6 heteroatoms. The second-order valence-corrected chi connectivity index (χ2v) is 7.04. The minimum absolute atomic E-state index is 0.120. The van der Waals surface area contributed by atoms with Gasteiger partial charge >= 0.3 is 5.97 Å². The zero-order chi connectivity index (χ0) is 19.3. The molecule has 0 amide bonds. The Bertz CT molecular complexity index is 582. The van der Waals surface area contributed by atoms with Gasteiger partial charge in [-0.3, -0.25) is 4.79 Å². The first-order chi connectivity index (χ1) is 11.9. The van der Waals surface area contributed by atoms with Gasteiger partial charge in [0, 0.05) is 27.8 Å². The van der Waals surface area contributed by atoms with Gasteiger partial charge in [0.2, 0.25) is 0 Å². The quantitative estimate of drug-likeness (QED) is 0.275. The van der Waals surface area contributed by atoms with Crippen LogP contribution in [0, 0.1) is 18.1 Å². The number of halogens is 1. The van der Waals surface area contributed by atoms with Crippen LogP contribution in [0.4, 0.5) is 0 Å². The van der Waals surface area contributed by atoms with Gasteiger partial charge in [0.25, 0.3) is 0 Å². The molecule has 0 aromatic heterocycles. The van der Waals surface area contributed by atoms with Crippen molar-refractivity contribution in [3.63, 3.8) is 0 Å². The van der Waals surface area contributed by atoms with Crippen molar-refractivity contribution in [3.8, 4) is 11.2 Å². The van der Waals surface area contributed by atoms with Gasteiger partial charge in [-0.25, -0.2) is 0 Å². The molecule has 25 heavy (non-hydrogen) atoms. The molecule has 0 fully saturated rings. The molecule has 0 aliphatic heterocycles. The van der Waals surface area contributed by atoms with E-state index < -0.39 is 11.5 Å². The van der Waals surface area contributed by atoms with Gasteiger partial charge in [0.15, 0.2) is 0 Å². The highest BCUT2D eigenvalue weighted by atomic mass is 127. The second-order valence-electron chi connectivity index (χ2n) is 5.36. The molecular formula is C19H27IO4S. The van der Waals surface area contributed by atoms with Crippen molar-refractivity contribution in [3.05, 3.63) is 35.4 Å². The van der Waals surface area contributed by atoms with Crippen LogP contribution in [-0.2, 0) is 19.7 Å². The molecule has 1 N–H and O–H groups in total. The smallest absolute Gasteiger partial charge is 0.316 e. The largest absolute Gasteiger partial charge is 0.468 e. The summed E-state index contributed by atoms with van der Waals surface area (Å²) >= 11 is 2.04. The minimum Gasteiger partial charge on any atom is -0.468 e. The number of ether oxygens (including phenoxy) is 2. The summed E-state index contributed by atoms with van der Waals surface area (Å²) in [7, 11) is 2.70. The van der Waals surface area contributed by atoms with Crippen molar-refractivity contribution < 1.29 is 19.4 Å². The maximum atomic E-state index is 12.3. The van der Waals surface area contributed by atoms with Crippen LogP contribution in [0.15, 0.2) is 24.3 Å². The van der Waals surface area contributed by atoms with Crippen molar-refractivity contribution in [1.29, 1.82) is 0 Å². The van der Waals surface area contributed by atoms with Gasteiger partial charge < -0.3 is 14.6 Å². The molecule has 2 atom stereocenters. The van der Waals surface area contributed by atoms with E-state index in [0.717, 1.165) is 11.1 Å². The number of hydrogen-bond donors (Lipinski definition) is 1. The Kier molecular flexibility index (Phi) is 13.0. The lowest BCUT2D eigenvalue weighted by molar-refractivity contribution is -0.147. The summed E-state index contributed by atoms with van der Waals surface area (Å²) in [5, 5.41) is 12.3. The van der Waals surface area contributed by atoms with Crippen LogP contribution >= 0.6 is 30.1 Å². The molecule has 0 aliphatic carbocycles. The molecule has 0 radical (unpaired) electrons. The van der Waals surface area contributed by atoms with Crippen molar-refractivity contribution in [2.45, 2.75) is 45.6 Å². The van der Waals surface area contributed by atoms with Crippen LogP contribution in [0.1, 0.15) is 38.3 Å². The highest BCUT2D eigenvalue weighted by molar-refractivity contribution is 14.2.